The minimum atomic E-state index is -4.34. The molecule has 1 aromatic carbocycles. The highest BCUT2D eigenvalue weighted by Crippen LogP contribution is 2.27. The molecule has 0 aromatic heterocycles. The van der Waals surface area contributed by atoms with Crippen molar-refractivity contribution in [2.24, 2.45) is 0 Å². The Bertz CT molecular complexity index is 372. The number of alkyl halides is 3. The molecule has 1 atom stereocenters. The third-order valence-corrected chi connectivity index (χ3v) is 2.92. The molecular formula is C12H16F3NO2. The molecule has 102 valence electrons. The predicted molar refractivity (Wildman–Crippen MR) is 61.2 cm³/mol. The van der Waals surface area contributed by atoms with Gasteiger partial charge in [-0.1, -0.05) is 19.1 Å². The number of aliphatic hydroxyl groups excluding tert-OH is 1. The van der Waals surface area contributed by atoms with Crippen LogP contribution in [0.1, 0.15) is 18.9 Å². The molecule has 1 rings (SSSR count). The number of phenols is 1. The fraction of sp³-hybridized carbons (Fsp3) is 0.500. The lowest BCUT2D eigenvalue weighted by Crippen LogP contribution is -2.48. The van der Waals surface area contributed by atoms with Gasteiger partial charge in [0.25, 0.3) is 0 Å². The summed E-state index contributed by atoms with van der Waals surface area (Å²) in [5.74, 6) is 0.0255. The lowest BCUT2D eigenvalue weighted by atomic mass is 9.88. The first-order valence-electron chi connectivity index (χ1n) is 5.55. The van der Waals surface area contributed by atoms with Crippen molar-refractivity contribution in [3.05, 3.63) is 29.8 Å². The Morgan fingerprint density at radius 3 is 2.11 bits per heavy atom. The smallest absolute Gasteiger partial charge is 0.401 e. The van der Waals surface area contributed by atoms with Gasteiger partial charge < -0.3 is 10.2 Å². The van der Waals surface area contributed by atoms with E-state index in [2.05, 4.69) is 5.32 Å². The number of rotatable bonds is 5. The molecule has 0 saturated carbocycles. The normalized spacial score (nSPS) is 15.4. The quantitative estimate of drug-likeness (QED) is 0.763. The fourth-order valence-corrected chi connectivity index (χ4v) is 1.74. The largest absolute Gasteiger partial charge is 0.508 e. The van der Waals surface area contributed by atoms with Crippen molar-refractivity contribution >= 4 is 0 Å². The third-order valence-electron chi connectivity index (χ3n) is 2.92. The Balaban J connectivity index is 2.95. The van der Waals surface area contributed by atoms with Gasteiger partial charge in [0, 0.05) is 0 Å². The summed E-state index contributed by atoms with van der Waals surface area (Å²) in [5, 5.41) is 20.9. The average molecular weight is 263 g/mol. The molecule has 1 unspecified atom stereocenters. The van der Waals surface area contributed by atoms with E-state index in [9.17, 15) is 18.3 Å². The number of hydrogen-bond donors (Lipinski definition) is 3. The van der Waals surface area contributed by atoms with E-state index in [-0.39, 0.29) is 5.75 Å². The van der Waals surface area contributed by atoms with Crippen molar-refractivity contribution in [3.8, 4) is 5.75 Å². The summed E-state index contributed by atoms with van der Waals surface area (Å²) in [5.41, 5.74) is -0.641. The number of nitrogens with one attached hydrogen (secondary N) is 1. The van der Waals surface area contributed by atoms with Crippen molar-refractivity contribution in [1.29, 1.82) is 0 Å². The summed E-state index contributed by atoms with van der Waals surface area (Å²) >= 11 is 0. The van der Waals surface area contributed by atoms with Crippen LogP contribution in [-0.2, 0) is 5.54 Å². The van der Waals surface area contributed by atoms with Gasteiger partial charge in [-0.25, -0.2) is 0 Å². The van der Waals surface area contributed by atoms with Crippen LogP contribution in [0.15, 0.2) is 24.3 Å². The van der Waals surface area contributed by atoms with Crippen LogP contribution in [0, 0.1) is 0 Å². The molecule has 0 heterocycles. The molecule has 0 fully saturated rings. The molecule has 18 heavy (non-hydrogen) atoms. The van der Waals surface area contributed by atoms with Crippen LogP contribution in [0.4, 0.5) is 13.2 Å². The highest BCUT2D eigenvalue weighted by molar-refractivity contribution is 5.31. The second-order valence-electron chi connectivity index (χ2n) is 4.11. The zero-order valence-corrected chi connectivity index (χ0v) is 9.96. The standard InChI is InChI=1S/C12H16F3NO2/c1-2-11(8-17,16-7-12(13,14)15)9-3-5-10(18)6-4-9/h3-6,16-18H,2,7-8H2,1H3. The van der Waals surface area contributed by atoms with E-state index >= 15 is 0 Å². The maximum Gasteiger partial charge on any atom is 0.401 e. The SMILES string of the molecule is CCC(CO)(NCC(F)(F)F)c1ccc(O)cc1. The lowest BCUT2D eigenvalue weighted by molar-refractivity contribution is -0.130. The molecule has 1 aromatic rings. The zero-order valence-electron chi connectivity index (χ0n) is 9.96. The topological polar surface area (TPSA) is 52.5 Å². The van der Waals surface area contributed by atoms with E-state index < -0.39 is 24.9 Å². The summed E-state index contributed by atoms with van der Waals surface area (Å²) in [7, 11) is 0. The Kier molecular flexibility index (Phi) is 4.59. The molecule has 0 aliphatic carbocycles. The molecule has 0 aliphatic heterocycles. The van der Waals surface area contributed by atoms with Crippen LogP contribution in [0.3, 0.4) is 0 Å². The van der Waals surface area contributed by atoms with Crippen molar-refractivity contribution < 1.29 is 23.4 Å². The second kappa shape index (κ2) is 5.58. The minimum absolute atomic E-state index is 0.0255. The molecule has 0 bridgehead atoms. The molecule has 3 nitrogen and oxygen atoms in total. The maximum absolute atomic E-state index is 12.3. The summed E-state index contributed by atoms with van der Waals surface area (Å²) in [6.45, 7) is 0.0546. The summed E-state index contributed by atoms with van der Waals surface area (Å²) in [6, 6.07) is 5.76. The van der Waals surface area contributed by atoms with Crippen LogP contribution in [0.2, 0.25) is 0 Å². The predicted octanol–water partition coefficient (Wildman–Crippen LogP) is 2.14. The van der Waals surface area contributed by atoms with E-state index in [1.54, 1.807) is 6.92 Å². The van der Waals surface area contributed by atoms with Crippen molar-refractivity contribution in [2.75, 3.05) is 13.2 Å². The number of hydrogen-bond acceptors (Lipinski definition) is 3. The third kappa shape index (κ3) is 3.61. The second-order valence-corrected chi connectivity index (χ2v) is 4.11. The first-order chi connectivity index (χ1) is 8.33. The zero-order chi connectivity index (χ0) is 13.8. The molecular weight excluding hydrogens is 247 g/mol. The van der Waals surface area contributed by atoms with E-state index in [0.717, 1.165) is 0 Å². The lowest BCUT2D eigenvalue weighted by Gasteiger charge is -2.33. The van der Waals surface area contributed by atoms with Gasteiger partial charge in [0.2, 0.25) is 0 Å². The summed E-state index contributed by atoms with van der Waals surface area (Å²) in [6.07, 6.45) is -4.04. The highest BCUT2D eigenvalue weighted by atomic mass is 19.4. The van der Waals surface area contributed by atoms with Crippen LogP contribution < -0.4 is 5.32 Å². The minimum Gasteiger partial charge on any atom is -0.508 e. The van der Waals surface area contributed by atoms with Crippen LogP contribution in [-0.4, -0.2) is 29.5 Å². The van der Waals surface area contributed by atoms with Gasteiger partial charge in [-0.05, 0) is 24.1 Å². The first kappa shape index (κ1) is 14.8. The fourth-order valence-electron chi connectivity index (χ4n) is 1.74. The molecule has 0 amide bonds. The molecule has 0 radical (unpaired) electrons. The summed E-state index contributed by atoms with van der Waals surface area (Å²) < 4.78 is 36.8. The number of aromatic hydroxyl groups is 1. The molecule has 0 spiro atoms. The van der Waals surface area contributed by atoms with Crippen molar-refractivity contribution in [1.82, 2.24) is 5.32 Å². The first-order valence-corrected chi connectivity index (χ1v) is 5.55. The number of benzene rings is 1. The monoisotopic (exact) mass is 263 g/mol. The summed E-state index contributed by atoms with van der Waals surface area (Å²) in [4.78, 5) is 0. The van der Waals surface area contributed by atoms with Gasteiger partial charge >= 0.3 is 6.18 Å². The van der Waals surface area contributed by atoms with E-state index in [1.807, 2.05) is 0 Å². The Morgan fingerprint density at radius 1 is 1.17 bits per heavy atom. The van der Waals surface area contributed by atoms with Gasteiger partial charge in [0.15, 0.2) is 0 Å². The number of phenolic OH excluding ortho intramolecular Hbond substituents is 1. The van der Waals surface area contributed by atoms with Gasteiger partial charge in [-0.2, -0.15) is 13.2 Å². The molecule has 0 aliphatic rings. The van der Waals surface area contributed by atoms with Crippen molar-refractivity contribution in [2.45, 2.75) is 25.1 Å². The maximum atomic E-state index is 12.3. The molecule has 6 heteroatoms. The Hall–Kier alpha value is -1.27. The van der Waals surface area contributed by atoms with Crippen molar-refractivity contribution in [3.63, 3.8) is 0 Å². The van der Waals surface area contributed by atoms with Gasteiger partial charge in [-0.3, -0.25) is 5.32 Å². The van der Waals surface area contributed by atoms with Gasteiger partial charge in [0.05, 0.1) is 18.7 Å². The number of aliphatic hydroxyl groups is 1. The Morgan fingerprint density at radius 2 is 1.72 bits per heavy atom. The van der Waals surface area contributed by atoms with E-state index in [4.69, 9.17) is 5.11 Å². The van der Waals surface area contributed by atoms with Gasteiger partial charge in [-0.15, -0.1) is 0 Å². The average Bonchev–Trinajstić information content (AvgIpc) is 2.32. The van der Waals surface area contributed by atoms with E-state index in [1.165, 1.54) is 24.3 Å². The van der Waals surface area contributed by atoms with Crippen LogP contribution >= 0.6 is 0 Å². The Labute approximate surface area is 103 Å². The molecule has 0 saturated heterocycles. The van der Waals surface area contributed by atoms with Crippen LogP contribution in [0.5, 0.6) is 5.75 Å². The molecule has 3 N–H and O–H groups in total. The van der Waals surface area contributed by atoms with Gasteiger partial charge in [0.1, 0.15) is 5.75 Å². The highest BCUT2D eigenvalue weighted by Gasteiger charge is 2.35. The number of halogens is 3. The van der Waals surface area contributed by atoms with E-state index in [0.29, 0.717) is 12.0 Å². The van der Waals surface area contributed by atoms with Crippen LogP contribution in [0.25, 0.3) is 0 Å².